The van der Waals surface area contributed by atoms with Gasteiger partial charge >= 0.3 is 5.97 Å². The number of hydrogen-bond donors (Lipinski definition) is 1. The van der Waals surface area contributed by atoms with Crippen molar-refractivity contribution in [1.29, 1.82) is 0 Å². The monoisotopic (exact) mass is 353 g/mol. The van der Waals surface area contributed by atoms with E-state index < -0.39 is 29.5 Å². The molecule has 0 aromatic heterocycles. The number of carboxylic acid groups (broad SMARTS) is 1. The van der Waals surface area contributed by atoms with E-state index in [4.69, 9.17) is 27.9 Å². The maximum absolute atomic E-state index is 12.8. The SMILES string of the molecule is O=C(O)[C@@H]1[C@H]2C=C[C@@]3(CN(Cc4cccc(Cl)c4Cl)C(=O)[C@@H]13)O2. The van der Waals surface area contributed by atoms with Crippen LogP contribution in [0.25, 0.3) is 0 Å². The molecule has 3 aliphatic heterocycles. The highest BCUT2D eigenvalue weighted by atomic mass is 35.5. The molecule has 1 spiro atoms. The smallest absolute Gasteiger partial charge is 0.310 e. The highest BCUT2D eigenvalue weighted by Crippen LogP contribution is 2.52. The number of likely N-dealkylation sites (tertiary alicyclic amines) is 1. The minimum absolute atomic E-state index is 0.208. The predicted molar refractivity (Wildman–Crippen MR) is 83.2 cm³/mol. The Morgan fingerprint density at radius 3 is 2.96 bits per heavy atom. The topological polar surface area (TPSA) is 66.8 Å². The lowest BCUT2D eigenvalue weighted by molar-refractivity contribution is -0.148. The number of benzene rings is 1. The molecule has 0 radical (unpaired) electrons. The summed E-state index contributed by atoms with van der Waals surface area (Å²) in [7, 11) is 0. The molecule has 120 valence electrons. The predicted octanol–water partition coefficient (Wildman–Crippen LogP) is 2.36. The largest absolute Gasteiger partial charge is 0.481 e. The van der Waals surface area contributed by atoms with Crippen molar-refractivity contribution in [2.24, 2.45) is 11.8 Å². The van der Waals surface area contributed by atoms with Crippen LogP contribution in [-0.4, -0.2) is 40.1 Å². The van der Waals surface area contributed by atoms with E-state index in [0.717, 1.165) is 5.56 Å². The molecule has 1 amide bonds. The molecule has 7 heteroatoms. The normalized spacial score (nSPS) is 34.3. The van der Waals surface area contributed by atoms with Gasteiger partial charge in [0.05, 0.1) is 28.6 Å². The van der Waals surface area contributed by atoms with Crippen molar-refractivity contribution in [2.45, 2.75) is 18.2 Å². The summed E-state index contributed by atoms with van der Waals surface area (Å²) in [5.74, 6) is -2.71. The third kappa shape index (κ3) is 2.04. The molecule has 2 saturated heterocycles. The van der Waals surface area contributed by atoms with E-state index in [2.05, 4.69) is 0 Å². The van der Waals surface area contributed by atoms with Crippen molar-refractivity contribution >= 4 is 35.1 Å². The summed E-state index contributed by atoms with van der Waals surface area (Å²) in [4.78, 5) is 25.9. The number of carbonyl (C=O) groups excluding carboxylic acids is 1. The van der Waals surface area contributed by atoms with Gasteiger partial charge in [0.1, 0.15) is 11.5 Å². The highest BCUT2D eigenvalue weighted by Gasteiger charge is 2.67. The Labute approximate surface area is 142 Å². The Kier molecular flexibility index (Phi) is 3.24. The van der Waals surface area contributed by atoms with Gasteiger partial charge in [-0.1, -0.05) is 47.5 Å². The number of hydrogen-bond acceptors (Lipinski definition) is 3. The van der Waals surface area contributed by atoms with E-state index >= 15 is 0 Å². The second-order valence-corrected chi connectivity index (χ2v) is 6.93. The Morgan fingerprint density at radius 1 is 1.43 bits per heavy atom. The van der Waals surface area contributed by atoms with Crippen molar-refractivity contribution in [3.63, 3.8) is 0 Å². The molecular weight excluding hydrogens is 341 g/mol. The zero-order chi connectivity index (χ0) is 16.4. The number of rotatable bonds is 3. The van der Waals surface area contributed by atoms with Gasteiger partial charge in [-0.15, -0.1) is 0 Å². The van der Waals surface area contributed by atoms with E-state index in [1.54, 1.807) is 29.2 Å². The molecule has 2 fully saturated rings. The number of nitrogens with zero attached hydrogens (tertiary/aromatic N) is 1. The summed E-state index contributed by atoms with van der Waals surface area (Å²) < 4.78 is 5.84. The molecule has 1 aromatic rings. The molecule has 23 heavy (non-hydrogen) atoms. The number of ether oxygens (including phenoxy) is 1. The fourth-order valence-electron chi connectivity index (χ4n) is 3.87. The molecule has 4 rings (SSSR count). The molecule has 0 aliphatic carbocycles. The Balaban J connectivity index is 1.64. The number of halogens is 2. The van der Waals surface area contributed by atoms with Crippen LogP contribution in [0, 0.1) is 11.8 Å². The first-order chi connectivity index (χ1) is 10.9. The van der Waals surface area contributed by atoms with Crippen LogP contribution in [0.2, 0.25) is 10.0 Å². The lowest BCUT2D eigenvalue weighted by Gasteiger charge is -2.21. The fourth-order valence-corrected chi connectivity index (χ4v) is 4.25. The summed E-state index contributed by atoms with van der Waals surface area (Å²) in [6.07, 6.45) is 3.07. The molecule has 4 atom stereocenters. The lowest BCUT2D eigenvalue weighted by atomic mass is 9.77. The van der Waals surface area contributed by atoms with E-state index in [-0.39, 0.29) is 12.5 Å². The van der Waals surface area contributed by atoms with Gasteiger partial charge in [0, 0.05) is 6.54 Å². The van der Waals surface area contributed by atoms with Crippen LogP contribution in [0.4, 0.5) is 0 Å². The van der Waals surface area contributed by atoms with Gasteiger partial charge in [0.2, 0.25) is 5.91 Å². The van der Waals surface area contributed by atoms with Gasteiger partial charge in [-0.05, 0) is 11.6 Å². The van der Waals surface area contributed by atoms with Gasteiger partial charge in [0.15, 0.2) is 0 Å². The maximum Gasteiger partial charge on any atom is 0.310 e. The quantitative estimate of drug-likeness (QED) is 0.847. The van der Waals surface area contributed by atoms with Crippen molar-refractivity contribution in [3.8, 4) is 0 Å². The molecule has 1 aromatic carbocycles. The fraction of sp³-hybridized carbons (Fsp3) is 0.375. The molecule has 0 saturated carbocycles. The second-order valence-electron chi connectivity index (χ2n) is 6.15. The maximum atomic E-state index is 12.8. The summed E-state index contributed by atoms with van der Waals surface area (Å²) in [5.41, 5.74) is -0.0927. The minimum atomic E-state index is -0.998. The minimum Gasteiger partial charge on any atom is -0.481 e. The van der Waals surface area contributed by atoms with E-state index in [1.807, 2.05) is 6.08 Å². The summed E-state index contributed by atoms with van der Waals surface area (Å²) in [6.45, 7) is 0.612. The molecule has 1 N–H and O–H groups in total. The number of carboxylic acids is 1. The number of amides is 1. The van der Waals surface area contributed by atoms with Gasteiger partial charge in [0.25, 0.3) is 0 Å². The standard InChI is InChI=1S/C16H13Cl2NO4/c17-9-3-1-2-8(13(9)18)6-19-7-16-5-4-10(23-16)11(15(21)22)12(16)14(19)20/h1-5,10-12H,6-7H2,(H,21,22)/t10-,11-,12-,16+/m1/s1. The molecule has 3 aliphatic rings. The number of carbonyl (C=O) groups is 2. The van der Waals surface area contributed by atoms with Gasteiger partial charge in [-0.25, -0.2) is 0 Å². The Hall–Kier alpha value is -1.56. The van der Waals surface area contributed by atoms with Crippen molar-refractivity contribution in [2.75, 3.05) is 6.54 Å². The second kappa shape index (κ2) is 4.97. The summed E-state index contributed by atoms with van der Waals surface area (Å²) in [6, 6.07) is 5.25. The van der Waals surface area contributed by atoms with E-state index in [0.29, 0.717) is 16.6 Å². The molecule has 3 heterocycles. The molecule has 2 bridgehead atoms. The summed E-state index contributed by atoms with van der Waals surface area (Å²) in [5, 5.41) is 10.3. The van der Waals surface area contributed by atoms with Crippen LogP contribution in [0.1, 0.15) is 5.56 Å². The van der Waals surface area contributed by atoms with Crippen molar-refractivity contribution < 1.29 is 19.4 Å². The van der Waals surface area contributed by atoms with E-state index in [9.17, 15) is 14.7 Å². The zero-order valence-electron chi connectivity index (χ0n) is 11.9. The van der Waals surface area contributed by atoms with Gasteiger partial charge < -0.3 is 14.7 Å². The molecule has 5 nitrogen and oxygen atoms in total. The van der Waals surface area contributed by atoms with Crippen LogP contribution < -0.4 is 0 Å². The zero-order valence-corrected chi connectivity index (χ0v) is 13.4. The average molecular weight is 354 g/mol. The van der Waals surface area contributed by atoms with Crippen molar-refractivity contribution in [1.82, 2.24) is 4.90 Å². The van der Waals surface area contributed by atoms with Crippen LogP contribution in [0.5, 0.6) is 0 Å². The Morgan fingerprint density at radius 2 is 2.22 bits per heavy atom. The van der Waals surface area contributed by atoms with Crippen LogP contribution >= 0.6 is 23.2 Å². The third-order valence-corrected chi connectivity index (χ3v) is 5.71. The van der Waals surface area contributed by atoms with Crippen LogP contribution in [0.3, 0.4) is 0 Å². The van der Waals surface area contributed by atoms with Crippen LogP contribution in [0.15, 0.2) is 30.4 Å². The number of aliphatic carboxylic acids is 1. The first kappa shape index (κ1) is 15.0. The third-order valence-electron chi connectivity index (χ3n) is 4.86. The summed E-state index contributed by atoms with van der Waals surface area (Å²) >= 11 is 12.2. The molecule has 0 unspecified atom stereocenters. The lowest BCUT2D eigenvalue weighted by Crippen LogP contribution is -2.39. The van der Waals surface area contributed by atoms with Gasteiger partial charge in [-0.3, -0.25) is 9.59 Å². The first-order valence-electron chi connectivity index (χ1n) is 7.24. The van der Waals surface area contributed by atoms with Crippen molar-refractivity contribution in [3.05, 3.63) is 46.0 Å². The number of fused-ring (bicyclic) bond motifs is 1. The van der Waals surface area contributed by atoms with Gasteiger partial charge in [-0.2, -0.15) is 0 Å². The highest BCUT2D eigenvalue weighted by molar-refractivity contribution is 6.42. The first-order valence-corrected chi connectivity index (χ1v) is 8.00. The Bertz CT molecular complexity index is 750. The van der Waals surface area contributed by atoms with E-state index in [1.165, 1.54) is 0 Å². The van der Waals surface area contributed by atoms with Crippen LogP contribution in [-0.2, 0) is 20.9 Å². The average Bonchev–Trinajstić information content (AvgIpc) is 3.13. The molecular formula is C16H13Cl2NO4.